The van der Waals surface area contributed by atoms with Crippen molar-refractivity contribution in [1.82, 2.24) is 9.62 Å². The van der Waals surface area contributed by atoms with Gasteiger partial charge in [0.1, 0.15) is 0 Å². The lowest BCUT2D eigenvalue weighted by Gasteiger charge is -2.27. The number of sulfonamides is 1. The number of carbonyl (C=O) groups is 1. The van der Waals surface area contributed by atoms with Crippen molar-refractivity contribution in [2.75, 3.05) is 13.1 Å². The molecule has 0 radical (unpaired) electrons. The Morgan fingerprint density at radius 1 is 0.962 bits per heavy atom. The fourth-order valence-electron chi connectivity index (χ4n) is 2.86. The predicted octanol–water partition coefficient (Wildman–Crippen LogP) is 3.38. The second kappa shape index (κ2) is 8.01. The van der Waals surface area contributed by atoms with Crippen molar-refractivity contribution in [2.45, 2.75) is 38.1 Å². The van der Waals surface area contributed by atoms with Crippen LogP contribution in [0.2, 0.25) is 0 Å². The SMILES string of the molecule is CCN(CC)C(=O)c1ccccc1S(=O)(=O)NC(C)(C)c1ccccc1. The standard InChI is InChI=1S/C20H26N2O3S/c1-5-22(6-2)19(23)17-14-10-11-15-18(17)26(24,25)21-20(3,4)16-12-8-7-9-13-16/h7-15,21H,5-6H2,1-4H3. The maximum Gasteiger partial charge on any atom is 0.255 e. The van der Waals surface area contributed by atoms with E-state index in [0.717, 1.165) is 5.56 Å². The number of nitrogens with zero attached hydrogens (tertiary/aromatic N) is 1. The van der Waals surface area contributed by atoms with Gasteiger partial charge >= 0.3 is 0 Å². The van der Waals surface area contributed by atoms with Gasteiger partial charge in [0.05, 0.1) is 16.0 Å². The second-order valence-corrected chi connectivity index (χ2v) is 8.22. The van der Waals surface area contributed by atoms with E-state index in [4.69, 9.17) is 0 Å². The maximum absolute atomic E-state index is 13.1. The summed E-state index contributed by atoms with van der Waals surface area (Å²) >= 11 is 0. The molecule has 0 bridgehead atoms. The van der Waals surface area contributed by atoms with Crippen molar-refractivity contribution in [3.05, 3.63) is 65.7 Å². The van der Waals surface area contributed by atoms with Crippen LogP contribution in [-0.2, 0) is 15.6 Å². The fraction of sp³-hybridized carbons (Fsp3) is 0.350. The summed E-state index contributed by atoms with van der Waals surface area (Å²) in [4.78, 5) is 14.4. The summed E-state index contributed by atoms with van der Waals surface area (Å²) in [6.45, 7) is 8.38. The first-order chi connectivity index (χ1) is 12.2. The van der Waals surface area contributed by atoms with E-state index in [1.807, 2.05) is 44.2 Å². The van der Waals surface area contributed by atoms with Gasteiger partial charge in [0.15, 0.2) is 0 Å². The zero-order valence-corrected chi connectivity index (χ0v) is 16.5. The quantitative estimate of drug-likeness (QED) is 0.808. The van der Waals surface area contributed by atoms with Crippen LogP contribution in [0.5, 0.6) is 0 Å². The average molecular weight is 375 g/mol. The Morgan fingerprint density at radius 2 is 1.50 bits per heavy atom. The molecule has 0 unspecified atom stereocenters. The van der Waals surface area contributed by atoms with E-state index >= 15 is 0 Å². The minimum absolute atomic E-state index is 0.000839. The van der Waals surface area contributed by atoms with E-state index in [0.29, 0.717) is 13.1 Å². The van der Waals surface area contributed by atoms with Gasteiger partial charge in [0.25, 0.3) is 5.91 Å². The van der Waals surface area contributed by atoms with Crippen molar-refractivity contribution in [2.24, 2.45) is 0 Å². The number of carbonyl (C=O) groups excluding carboxylic acids is 1. The van der Waals surface area contributed by atoms with Gasteiger partial charge in [-0.1, -0.05) is 42.5 Å². The number of hydrogen-bond acceptors (Lipinski definition) is 3. The van der Waals surface area contributed by atoms with Crippen LogP contribution in [0.25, 0.3) is 0 Å². The molecule has 0 aliphatic heterocycles. The number of amides is 1. The number of rotatable bonds is 7. The smallest absolute Gasteiger partial charge is 0.255 e. The molecular weight excluding hydrogens is 348 g/mol. The summed E-state index contributed by atoms with van der Waals surface area (Å²) in [6.07, 6.45) is 0. The van der Waals surface area contributed by atoms with Crippen LogP contribution in [-0.4, -0.2) is 32.3 Å². The minimum Gasteiger partial charge on any atom is -0.339 e. The summed E-state index contributed by atoms with van der Waals surface area (Å²) in [5.41, 5.74) is 0.217. The average Bonchev–Trinajstić information content (AvgIpc) is 2.62. The van der Waals surface area contributed by atoms with E-state index in [1.165, 1.54) is 6.07 Å². The zero-order chi connectivity index (χ0) is 19.4. The van der Waals surface area contributed by atoms with E-state index < -0.39 is 15.6 Å². The Hall–Kier alpha value is -2.18. The largest absolute Gasteiger partial charge is 0.339 e. The third-order valence-corrected chi connectivity index (χ3v) is 6.06. The molecule has 0 fully saturated rings. The van der Waals surface area contributed by atoms with Crippen LogP contribution in [0.15, 0.2) is 59.5 Å². The molecule has 2 aromatic carbocycles. The number of benzene rings is 2. The van der Waals surface area contributed by atoms with Crippen LogP contribution < -0.4 is 4.72 Å². The normalized spacial score (nSPS) is 12.0. The van der Waals surface area contributed by atoms with E-state index in [1.54, 1.807) is 36.9 Å². The van der Waals surface area contributed by atoms with Gasteiger partial charge in [0, 0.05) is 13.1 Å². The Morgan fingerprint density at radius 3 is 2.08 bits per heavy atom. The lowest BCUT2D eigenvalue weighted by molar-refractivity contribution is 0.0769. The number of nitrogens with one attached hydrogen (secondary N) is 1. The van der Waals surface area contributed by atoms with Crippen LogP contribution in [0.1, 0.15) is 43.6 Å². The van der Waals surface area contributed by atoms with Gasteiger partial charge in [-0.15, -0.1) is 0 Å². The molecule has 5 nitrogen and oxygen atoms in total. The number of hydrogen-bond donors (Lipinski definition) is 1. The topological polar surface area (TPSA) is 66.5 Å². The molecule has 6 heteroatoms. The van der Waals surface area contributed by atoms with Crippen LogP contribution in [0.4, 0.5) is 0 Å². The summed E-state index contributed by atoms with van der Waals surface area (Å²) in [5, 5.41) is 0. The Balaban J connectivity index is 2.43. The molecule has 0 spiro atoms. The molecule has 0 heterocycles. The van der Waals surface area contributed by atoms with Crippen molar-refractivity contribution >= 4 is 15.9 Å². The Kier molecular flexibility index (Phi) is 6.21. The van der Waals surface area contributed by atoms with Gasteiger partial charge < -0.3 is 4.90 Å². The molecule has 0 saturated heterocycles. The van der Waals surface area contributed by atoms with Gasteiger partial charge in [-0.25, -0.2) is 13.1 Å². The monoisotopic (exact) mass is 374 g/mol. The summed E-state index contributed by atoms with van der Waals surface area (Å²) in [6, 6.07) is 15.7. The van der Waals surface area contributed by atoms with Crippen molar-refractivity contribution in [1.29, 1.82) is 0 Å². The fourth-order valence-corrected chi connectivity index (χ4v) is 4.47. The lowest BCUT2D eigenvalue weighted by Crippen LogP contribution is -2.42. The minimum atomic E-state index is -3.89. The van der Waals surface area contributed by atoms with Crippen molar-refractivity contribution in [3.8, 4) is 0 Å². The highest BCUT2D eigenvalue weighted by molar-refractivity contribution is 7.89. The van der Waals surface area contributed by atoms with Crippen LogP contribution in [0.3, 0.4) is 0 Å². The Bertz CT molecular complexity index is 858. The molecule has 0 aliphatic rings. The maximum atomic E-state index is 13.1. The molecule has 26 heavy (non-hydrogen) atoms. The third-order valence-electron chi connectivity index (χ3n) is 4.34. The molecular formula is C20H26N2O3S. The van der Waals surface area contributed by atoms with E-state index in [9.17, 15) is 13.2 Å². The van der Waals surface area contributed by atoms with E-state index in [2.05, 4.69) is 4.72 Å². The molecule has 1 N–H and O–H groups in total. The first-order valence-corrected chi connectivity index (χ1v) is 10.2. The third kappa shape index (κ3) is 4.31. The highest BCUT2D eigenvalue weighted by Gasteiger charge is 2.31. The summed E-state index contributed by atoms with van der Waals surface area (Å²) in [7, 11) is -3.89. The summed E-state index contributed by atoms with van der Waals surface area (Å²) < 4.78 is 28.9. The molecule has 140 valence electrons. The van der Waals surface area contributed by atoms with Gasteiger partial charge in [-0.05, 0) is 45.4 Å². The molecule has 0 aliphatic carbocycles. The second-order valence-electron chi connectivity index (χ2n) is 6.57. The molecule has 0 aromatic heterocycles. The van der Waals surface area contributed by atoms with Crippen molar-refractivity contribution in [3.63, 3.8) is 0 Å². The molecule has 2 aromatic rings. The van der Waals surface area contributed by atoms with Crippen LogP contribution in [0, 0.1) is 0 Å². The highest BCUT2D eigenvalue weighted by Crippen LogP contribution is 2.25. The molecule has 2 rings (SSSR count). The predicted molar refractivity (Wildman–Crippen MR) is 103 cm³/mol. The van der Waals surface area contributed by atoms with Crippen molar-refractivity contribution < 1.29 is 13.2 Å². The van der Waals surface area contributed by atoms with Gasteiger partial charge in [-0.2, -0.15) is 0 Å². The lowest BCUT2D eigenvalue weighted by atomic mass is 9.96. The van der Waals surface area contributed by atoms with E-state index in [-0.39, 0.29) is 16.4 Å². The highest BCUT2D eigenvalue weighted by atomic mass is 32.2. The molecule has 0 atom stereocenters. The van der Waals surface area contributed by atoms with Gasteiger partial charge in [-0.3, -0.25) is 4.79 Å². The Labute approximate surface area is 156 Å². The first-order valence-electron chi connectivity index (χ1n) is 8.70. The molecule has 1 amide bonds. The molecule has 0 saturated carbocycles. The van der Waals surface area contributed by atoms with Crippen LogP contribution >= 0.6 is 0 Å². The zero-order valence-electron chi connectivity index (χ0n) is 15.7. The summed E-state index contributed by atoms with van der Waals surface area (Å²) in [5.74, 6) is -0.284. The first kappa shape index (κ1) is 20.1. The van der Waals surface area contributed by atoms with Gasteiger partial charge in [0.2, 0.25) is 10.0 Å².